The van der Waals surface area contributed by atoms with Crippen LogP contribution in [-0.2, 0) is 16.0 Å². The van der Waals surface area contributed by atoms with Crippen LogP contribution in [0.4, 0.5) is 0 Å². The first-order valence-corrected chi connectivity index (χ1v) is 6.85. The number of methoxy groups -OCH3 is 1. The molecule has 82 valence electrons. The number of nitrogens with zero attached hydrogens (tertiary/aromatic N) is 1. The quantitative estimate of drug-likeness (QED) is 0.764. The number of hydrogen-bond acceptors (Lipinski definition) is 5. The molecule has 5 heteroatoms. The molecule has 1 aliphatic rings. The molecule has 1 unspecified atom stereocenters. The molecule has 1 fully saturated rings. The Morgan fingerprint density at radius 3 is 3.27 bits per heavy atom. The van der Waals surface area contributed by atoms with E-state index in [2.05, 4.69) is 9.72 Å². The minimum Gasteiger partial charge on any atom is -0.469 e. The van der Waals surface area contributed by atoms with Crippen LogP contribution in [0.2, 0.25) is 0 Å². The van der Waals surface area contributed by atoms with E-state index in [1.807, 2.05) is 17.1 Å². The zero-order valence-electron chi connectivity index (χ0n) is 8.56. The van der Waals surface area contributed by atoms with Gasteiger partial charge in [0, 0.05) is 5.38 Å². The molecular formula is C10H13NO2S2. The molecule has 0 spiro atoms. The Morgan fingerprint density at radius 1 is 1.73 bits per heavy atom. The second kappa shape index (κ2) is 4.99. The molecule has 1 aliphatic heterocycles. The summed E-state index contributed by atoms with van der Waals surface area (Å²) in [6.45, 7) is 0. The highest BCUT2D eigenvalue weighted by atomic mass is 32.2. The van der Waals surface area contributed by atoms with Crippen LogP contribution in [0.25, 0.3) is 0 Å². The molecule has 0 saturated carbocycles. The van der Waals surface area contributed by atoms with Crippen molar-refractivity contribution in [2.75, 3.05) is 12.9 Å². The zero-order chi connectivity index (χ0) is 10.7. The van der Waals surface area contributed by atoms with Crippen LogP contribution in [0.1, 0.15) is 28.8 Å². The van der Waals surface area contributed by atoms with Gasteiger partial charge in [-0.05, 0) is 18.6 Å². The maximum Gasteiger partial charge on any atom is 0.311 e. The van der Waals surface area contributed by atoms with E-state index in [9.17, 15) is 4.79 Å². The number of ether oxygens (including phenoxy) is 1. The van der Waals surface area contributed by atoms with E-state index >= 15 is 0 Å². The summed E-state index contributed by atoms with van der Waals surface area (Å²) in [4.78, 5) is 15.5. The second-order valence-electron chi connectivity index (χ2n) is 3.43. The number of hydrogen-bond donors (Lipinski definition) is 0. The van der Waals surface area contributed by atoms with Crippen molar-refractivity contribution in [1.82, 2.24) is 4.98 Å². The smallest absolute Gasteiger partial charge is 0.311 e. The van der Waals surface area contributed by atoms with Gasteiger partial charge in [0.25, 0.3) is 0 Å². The number of rotatable bonds is 3. The third-order valence-corrected chi connectivity index (χ3v) is 4.87. The van der Waals surface area contributed by atoms with E-state index in [0.29, 0.717) is 11.7 Å². The van der Waals surface area contributed by atoms with Gasteiger partial charge in [0.05, 0.1) is 24.5 Å². The van der Waals surface area contributed by atoms with E-state index < -0.39 is 0 Å². The molecule has 3 nitrogen and oxygen atoms in total. The summed E-state index contributed by atoms with van der Waals surface area (Å²) < 4.78 is 4.61. The molecular weight excluding hydrogens is 230 g/mol. The van der Waals surface area contributed by atoms with Crippen molar-refractivity contribution in [3.05, 3.63) is 16.1 Å². The lowest BCUT2D eigenvalue weighted by Crippen LogP contribution is -2.04. The Bertz CT molecular complexity index is 345. The van der Waals surface area contributed by atoms with E-state index in [1.54, 1.807) is 11.3 Å². The fourth-order valence-corrected chi connectivity index (χ4v) is 3.89. The van der Waals surface area contributed by atoms with E-state index in [1.165, 1.54) is 25.7 Å². The molecule has 0 bridgehead atoms. The van der Waals surface area contributed by atoms with E-state index in [0.717, 1.165) is 10.7 Å². The highest BCUT2D eigenvalue weighted by Gasteiger charge is 2.21. The standard InChI is InChI=1S/C10H13NO2S2/c1-13-9(12)5-7-6-15-10(11-7)8-3-2-4-14-8/h6,8H,2-5H2,1H3. The number of thioether (sulfide) groups is 1. The topological polar surface area (TPSA) is 39.2 Å². The lowest BCUT2D eigenvalue weighted by atomic mass is 10.2. The van der Waals surface area contributed by atoms with Gasteiger partial charge in [-0.3, -0.25) is 4.79 Å². The minimum absolute atomic E-state index is 0.217. The molecule has 1 saturated heterocycles. The predicted molar refractivity (Wildman–Crippen MR) is 62.3 cm³/mol. The Hall–Kier alpha value is -0.550. The third kappa shape index (κ3) is 2.72. The van der Waals surface area contributed by atoms with Crippen molar-refractivity contribution in [1.29, 1.82) is 0 Å². The number of esters is 1. The van der Waals surface area contributed by atoms with Gasteiger partial charge in [-0.2, -0.15) is 11.8 Å². The molecule has 0 aromatic carbocycles. The maximum atomic E-state index is 11.0. The average molecular weight is 243 g/mol. The molecule has 15 heavy (non-hydrogen) atoms. The average Bonchev–Trinajstić information content (AvgIpc) is 2.85. The van der Waals surface area contributed by atoms with Gasteiger partial charge in [-0.1, -0.05) is 0 Å². The van der Waals surface area contributed by atoms with E-state index in [4.69, 9.17) is 0 Å². The number of thiazole rings is 1. The Morgan fingerprint density at radius 2 is 2.60 bits per heavy atom. The summed E-state index contributed by atoms with van der Waals surface area (Å²) in [5.74, 6) is 1.02. The number of aromatic nitrogens is 1. The highest BCUT2D eigenvalue weighted by molar-refractivity contribution is 7.99. The molecule has 1 atom stereocenters. The molecule has 0 amide bonds. The first kappa shape index (κ1) is 11.0. The van der Waals surface area contributed by atoms with Crippen molar-refractivity contribution in [2.45, 2.75) is 24.5 Å². The molecule has 0 aliphatic carbocycles. The SMILES string of the molecule is COC(=O)Cc1csc(C2CCCS2)n1. The first-order valence-electron chi connectivity index (χ1n) is 4.92. The van der Waals surface area contributed by atoms with Crippen LogP contribution >= 0.6 is 23.1 Å². The van der Waals surface area contributed by atoms with Gasteiger partial charge in [0.15, 0.2) is 0 Å². The summed E-state index contributed by atoms with van der Waals surface area (Å²) in [5.41, 5.74) is 0.842. The summed E-state index contributed by atoms with van der Waals surface area (Å²) in [7, 11) is 1.41. The van der Waals surface area contributed by atoms with Crippen molar-refractivity contribution in [3.8, 4) is 0 Å². The lowest BCUT2D eigenvalue weighted by Gasteiger charge is -2.02. The van der Waals surface area contributed by atoms with Crippen molar-refractivity contribution >= 4 is 29.1 Å². The van der Waals surface area contributed by atoms with Crippen molar-refractivity contribution < 1.29 is 9.53 Å². The summed E-state index contributed by atoms with van der Waals surface area (Å²) >= 11 is 3.62. The fraction of sp³-hybridized carbons (Fsp3) is 0.600. The maximum absolute atomic E-state index is 11.0. The van der Waals surface area contributed by atoms with Gasteiger partial charge in [0.2, 0.25) is 0 Å². The summed E-state index contributed by atoms with van der Waals surface area (Å²) in [5, 5.41) is 3.68. The predicted octanol–water partition coefficient (Wildman–Crippen LogP) is 2.43. The molecule has 0 N–H and O–H groups in total. The molecule has 2 rings (SSSR count). The van der Waals surface area contributed by atoms with Crippen LogP contribution in [0.3, 0.4) is 0 Å². The van der Waals surface area contributed by atoms with E-state index in [-0.39, 0.29) is 5.97 Å². The largest absolute Gasteiger partial charge is 0.469 e. The molecule has 0 radical (unpaired) electrons. The van der Waals surface area contributed by atoms with Gasteiger partial charge in [0.1, 0.15) is 5.01 Å². The van der Waals surface area contributed by atoms with Crippen LogP contribution in [-0.4, -0.2) is 23.8 Å². The monoisotopic (exact) mass is 243 g/mol. The normalized spacial score (nSPS) is 20.5. The van der Waals surface area contributed by atoms with Crippen LogP contribution in [0.5, 0.6) is 0 Å². The minimum atomic E-state index is -0.217. The van der Waals surface area contributed by atoms with Crippen molar-refractivity contribution in [3.63, 3.8) is 0 Å². The van der Waals surface area contributed by atoms with Gasteiger partial charge in [-0.25, -0.2) is 4.98 Å². The Kier molecular flexibility index (Phi) is 3.64. The first-order chi connectivity index (χ1) is 7.29. The summed E-state index contributed by atoms with van der Waals surface area (Å²) in [6, 6.07) is 0. The van der Waals surface area contributed by atoms with Crippen LogP contribution < -0.4 is 0 Å². The van der Waals surface area contributed by atoms with Gasteiger partial charge >= 0.3 is 5.97 Å². The zero-order valence-corrected chi connectivity index (χ0v) is 10.2. The summed E-state index contributed by atoms with van der Waals surface area (Å²) in [6.07, 6.45) is 2.79. The lowest BCUT2D eigenvalue weighted by molar-refractivity contribution is -0.139. The Balaban J connectivity index is 2.00. The molecule has 1 aromatic rings. The third-order valence-electron chi connectivity index (χ3n) is 2.33. The van der Waals surface area contributed by atoms with Crippen LogP contribution in [0, 0.1) is 0 Å². The fourth-order valence-electron chi connectivity index (χ4n) is 1.54. The molecule has 2 heterocycles. The second-order valence-corrected chi connectivity index (χ2v) is 5.63. The van der Waals surface area contributed by atoms with Gasteiger partial charge < -0.3 is 4.74 Å². The molecule has 1 aromatic heterocycles. The highest BCUT2D eigenvalue weighted by Crippen LogP contribution is 2.40. The van der Waals surface area contributed by atoms with Crippen molar-refractivity contribution in [2.24, 2.45) is 0 Å². The number of carbonyl (C=O) groups excluding carboxylic acids is 1. The Labute approximate surface area is 97.2 Å². The van der Waals surface area contributed by atoms with Gasteiger partial charge in [-0.15, -0.1) is 11.3 Å². The van der Waals surface area contributed by atoms with Crippen LogP contribution in [0.15, 0.2) is 5.38 Å². The number of carbonyl (C=O) groups is 1.